The molecular weight excluding hydrogens is 338 g/mol. The summed E-state index contributed by atoms with van der Waals surface area (Å²) in [5.74, 6) is -0.101. The molecule has 9 nitrogen and oxygen atoms in total. The molecule has 1 N–H and O–H groups in total. The first kappa shape index (κ1) is 18.1. The third kappa shape index (κ3) is 4.42. The summed E-state index contributed by atoms with van der Waals surface area (Å²) in [6.07, 6.45) is 2.00. The van der Waals surface area contributed by atoms with Gasteiger partial charge in [0.1, 0.15) is 11.3 Å². The number of rotatable bonds is 5. The second-order valence-corrected chi connectivity index (χ2v) is 7.38. The highest BCUT2D eigenvalue weighted by Crippen LogP contribution is 2.26. The quantitative estimate of drug-likeness (QED) is 0.614. The van der Waals surface area contributed by atoms with Gasteiger partial charge in [0.15, 0.2) is 0 Å². The number of likely N-dealkylation sites (tertiary alicyclic amines) is 1. The van der Waals surface area contributed by atoms with Crippen molar-refractivity contribution >= 4 is 21.6 Å². The topological polar surface area (TPSA) is 119 Å². The van der Waals surface area contributed by atoms with E-state index in [2.05, 4.69) is 4.72 Å². The molecule has 0 unspecified atom stereocenters. The first-order valence-electron chi connectivity index (χ1n) is 7.30. The highest BCUT2D eigenvalue weighted by molar-refractivity contribution is 7.88. The van der Waals surface area contributed by atoms with Crippen LogP contribution in [0.1, 0.15) is 23.2 Å². The summed E-state index contributed by atoms with van der Waals surface area (Å²) in [7, 11) is -1.89. The van der Waals surface area contributed by atoms with Gasteiger partial charge in [-0.15, -0.1) is 0 Å². The zero-order chi connectivity index (χ0) is 17.9. The predicted molar refractivity (Wildman–Crippen MR) is 86.6 cm³/mol. The van der Waals surface area contributed by atoms with E-state index in [0.29, 0.717) is 31.7 Å². The third-order valence-electron chi connectivity index (χ3n) is 3.79. The van der Waals surface area contributed by atoms with Gasteiger partial charge in [0.2, 0.25) is 10.0 Å². The summed E-state index contributed by atoms with van der Waals surface area (Å²) < 4.78 is 30.0. The van der Waals surface area contributed by atoms with Crippen LogP contribution in [0.15, 0.2) is 18.2 Å². The maximum atomic E-state index is 12.6. The molecule has 132 valence electrons. The fraction of sp³-hybridized carbons (Fsp3) is 0.500. The van der Waals surface area contributed by atoms with Crippen molar-refractivity contribution in [3.8, 4) is 5.75 Å². The van der Waals surface area contributed by atoms with Crippen molar-refractivity contribution in [2.24, 2.45) is 0 Å². The lowest BCUT2D eigenvalue weighted by atomic mass is 10.0. The summed E-state index contributed by atoms with van der Waals surface area (Å²) >= 11 is 0. The number of nitro groups is 1. The number of carbonyl (C=O) groups excluding carboxylic acids is 1. The number of nitrogens with one attached hydrogen (secondary N) is 1. The second kappa shape index (κ2) is 7.14. The average molecular weight is 357 g/mol. The van der Waals surface area contributed by atoms with Crippen LogP contribution in [0, 0.1) is 10.1 Å². The van der Waals surface area contributed by atoms with Crippen LogP contribution in [0.25, 0.3) is 0 Å². The van der Waals surface area contributed by atoms with Gasteiger partial charge in [0, 0.05) is 25.2 Å². The highest BCUT2D eigenvalue weighted by Gasteiger charge is 2.29. The molecule has 1 aliphatic heterocycles. The number of amides is 1. The average Bonchev–Trinajstić information content (AvgIpc) is 2.52. The first-order chi connectivity index (χ1) is 11.2. The summed E-state index contributed by atoms with van der Waals surface area (Å²) in [5.41, 5.74) is -0.314. The molecule has 1 heterocycles. The monoisotopic (exact) mass is 357 g/mol. The molecule has 10 heteroatoms. The number of benzene rings is 1. The molecule has 1 fully saturated rings. The maximum Gasteiger partial charge on any atom is 0.282 e. The Labute approximate surface area is 139 Å². The smallest absolute Gasteiger partial charge is 0.282 e. The van der Waals surface area contributed by atoms with E-state index in [1.54, 1.807) is 0 Å². The lowest BCUT2D eigenvalue weighted by Crippen LogP contribution is -2.46. The summed E-state index contributed by atoms with van der Waals surface area (Å²) in [4.78, 5) is 24.6. The zero-order valence-electron chi connectivity index (χ0n) is 13.4. The molecule has 0 aliphatic carbocycles. The van der Waals surface area contributed by atoms with Crippen LogP contribution in [0.2, 0.25) is 0 Å². The Morgan fingerprint density at radius 1 is 1.38 bits per heavy atom. The lowest BCUT2D eigenvalue weighted by molar-refractivity contribution is -0.385. The van der Waals surface area contributed by atoms with E-state index in [4.69, 9.17) is 4.74 Å². The van der Waals surface area contributed by atoms with Crippen molar-refractivity contribution in [3.05, 3.63) is 33.9 Å². The fourth-order valence-electron chi connectivity index (χ4n) is 2.65. The zero-order valence-corrected chi connectivity index (χ0v) is 14.2. The van der Waals surface area contributed by atoms with Crippen LogP contribution < -0.4 is 9.46 Å². The van der Waals surface area contributed by atoms with Gasteiger partial charge in [-0.3, -0.25) is 14.9 Å². The standard InChI is InChI=1S/C14H19N3O6S/c1-23-11-3-4-13(17(19)20)12(9-11)14(18)16-7-5-10(6-8-16)15-24(2,21)22/h3-4,9-10,15H,5-8H2,1-2H3. The largest absolute Gasteiger partial charge is 0.497 e. The molecule has 0 bridgehead atoms. The Balaban J connectivity index is 2.14. The van der Waals surface area contributed by atoms with Crippen molar-refractivity contribution in [2.45, 2.75) is 18.9 Å². The van der Waals surface area contributed by atoms with Crippen molar-refractivity contribution in [3.63, 3.8) is 0 Å². The van der Waals surface area contributed by atoms with E-state index in [9.17, 15) is 23.3 Å². The van der Waals surface area contributed by atoms with Crippen molar-refractivity contribution in [1.82, 2.24) is 9.62 Å². The molecule has 0 saturated carbocycles. The van der Waals surface area contributed by atoms with Gasteiger partial charge in [-0.2, -0.15) is 0 Å². The van der Waals surface area contributed by atoms with Gasteiger partial charge in [-0.25, -0.2) is 13.1 Å². The van der Waals surface area contributed by atoms with E-state index in [1.165, 1.54) is 30.2 Å². The lowest BCUT2D eigenvalue weighted by Gasteiger charge is -2.32. The highest BCUT2D eigenvalue weighted by atomic mass is 32.2. The fourth-order valence-corrected chi connectivity index (χ4v) is 3.49. The van der Waals surface area contributed by atoms with E-state index >= 15 is 0 Å². The molecule has 1 aromatic carbocycles. The van der Waals surface area contributed by atoms with E-state index < -0.39 is 20.9 Å². The summed E-state index contributed by atoms with van der Waals surface area (Å²) in [5, 5.41) is 11.1. The summed E-state index contributed by atoms with van der Waals surface area (Å²) in [6.45, 7) is 0.640. The number of hydrogen-bond acceptors (Lipinski definition) is 6. The van der Waals surface area contributed by atoms with Crippen LogP contribution >= 0.6 is 0 Å². The number of sulfonamides is 1. The molecule has 0 atom stereocenters. The number of ether oxygens (including phenoxy) is 1. The van der Waals surface area contributed by atoms with E-state index in [0.717, 1.165) is 6.26 Å². The van der Waals surface area contributed by atoms with Gasteiger partial charge >= 0.3 is 0 Å². The van der Waals surface area contributed by atoms with Crippen molar-refractivity contribution < 1.29 is 22.9 Å². The van der Waals surface area contributed by atoms with Gasteiger partial charge in [-0.05, 0) is 25.0 Å². The first-order valence-corrected chi connectivity index (χ1v) is 9.19. The molecule has 0 radical (unpaired) electrons. The van der Waals surface area contributed by atoms with Crippen LogP contribution in [0.5, 0.6) is 5.75 Å². The predicted octanol–water partition coefficient (Wildman–Crippen LogP) is 0.757. The number of carbonyl (C=O) groups is 1. The Bertz CT molecular complexity index is 741. The number of piperidine rings is 1. The molecule has 1 saturated heterocycles. The number of hydrogen-bond donors (Lipinski definition) is 1. The normalized spacial score (nSPS) is 16.0. The Morgan fingerprint density at radius 3 is 2.50 bits per heavy atom. The third-order valence-corrected chi connectivity index (χ3v) is 4.56. The molecular formula is C14H19N3O6S. The Morgan fingerprint density at radius 2 is 2.00 bits per heavy atom. The van der Waals surface area contributed by atoms with Gasteiger partial charge in [0.25, 0.3) is 11.6 Å². The molecule has 1 aliphatic rings. The van der Waals surface area contributed by atoms with Crippen LogP contribution in [0.3, 0.4) is 0 Å². The van der Waals surface area contributed by atoms with Crippen LogP contribution in [0.4, 0.5) is 5.69 Å². The van der Waals surface area contributed by atoms with E-state index in [1.807, 2.05) is 0 Å². The molecule has 0 spiro atoms. The second-order valence-electron chi connectivity index (χ2n) is 5.60. The number of nitro benzene ring substituents is 1. The van der Waals surface area contributed by atoms with Crippen molar-refractivity contribution in [2.75, 3.05) is 26.5 Å². The minimum atomic E-state index is -3.30. The number of methoxy groups -OCH3 is 1. The van der Waals surface area contributed by atoms with E-state index in [-0.39, 0.29) is 17.3 Å². The van der Waals surface area contributed by atoms with Crippen molar-refractivity contribution in [1.29, 1.82) is 0 Å². The minimum Gasteiger partial charge on any atom is -0.497 e. The summed E-state index contributed by atoms with van der Waals surface area (Å²) in [6, 6.07) is 3.78. The van der Waals surface area contributed by atoms with Gasteiger partial charge in [-0.1, -0.05) is 0 Å². The Kier molecular flexibility index (Phi) is 5.40. The molecule has 1 aromatic rings. The molecule has 0 aromatic heterocycles. The van der Waals surface area contributed by atoms with Crippen LogP contribution in [-0.2, 0) is 10.0 Å². The van der Waals surface area contributed by atoms with Gasteiger partial charge in [0.05, 0.1) is 18.3 Å². The maximum absolute atomic E-state index is 12.6. The molecule has 2 rings (SSSR count). The van der Waals surface area contributed by atoms with Crippen LogP contribution in [-0.4, -0.2) is 56.6 Å². The molecule has 24 heavy (non-hydrogen) atoms. The number of nitrogens with zero attached hydrogens (tertiary/aromatic N) is 2. The Hall–Kier alpha value is -2.20. The minimum absolute atomic E-state index is 0.0335. The molecule has 1 amide bonds. The SMILES string of the molecule is COc1ccc([N+](=O)[O-])c(C(=O)N2CCC(NS(C)(=O)=O)CC2)c1. The van der Waals surface area contributed by atoms with Gasteiger partial charge < -0.3 is 9.64 Å².